The van der Waals surface area contributed by atoms with Crippen molar-refractivity contribution in [2.75, 3.05) is 4.90 Å². The van der Waals surface area contributed by atoms with Crippen LogP contribution in [0.5, 0.6) is 0 Å². The Morgan fingerprint density at radius 3 is 2.00 bits per heavy atom. The van der Waals surface area contributed by atoms with Crippen molar-refractivity contribution in [1.82, 2.24) is 9.88 Å². The molecular weight excluding hydrogens is 534 g/mol. The Morgan fingerprint density at radius 2 is 1.34 bits per heavy atom. The lowest BCUT2D eigenvalue weighted by Crippen LogP contribution is -2.54. The molecule has 4 aromatic carbocycles. The second-order valence-electron chi connectivity index (χ2n) is 9.58. The van der Waals surface area contributed by atoms with Crippen molar-refractivity contribution in [1.29, 1.82) is 0 Å². The van der Waals surface area contributed by atoms with Crippen LogP contribution >= 0.6 is 11.6 Å². The number of imide groups is 2. The van der Waals surface area contributed by atoms with Gasteiger partial charge in [0.2, 0.25) is 0 Å². The van der Waals surface area contributed by atoms with E-state index in [4.69, 9.17) is 11.6 Å². The van der Waals surface area contributed by atoms with Crippen LogP contribution in [0.3, 0.4) is 0 Å². The van der Waals surface area contributed by atoms with E-state index < -0.39 is 17.8 Å². The van der Waals surface area contributed by atoms with Gasteiger partial charge in [0, 0.05) is 16.3 Å². The molecule has 1 aliphatic rings. The molecule has 41 heavy (non-hydrogen) atoms. The van der Waals surface area contributed by atoms with Gasteiger partial charge in [0.25, 0.3) is 11.8 Å². The second-order valence-corrected chi connectivity index (χ2v) is 9.99. The summed E-state index contributed by atoms with van der Waals surface area (Å²) in [7, 11) is 0. The number of hydrogen-bond acceptors (Lipinski definition) is 3. The predicted molar refractivity (Wildman–Crippen MR) is 162 cm³/mol. The first-order valence-corrected chi connectivity index (χ1v) is 13.4. The number of amides is 4. The van der Waals surface area contributed by atoms with Crippen LogP contribution in [0.15, 0.2) is 121 Å². The van der Waals surface area contributed by atoms with E-state index in [0.717, 1.165) is 33.1 Å². The van der Waals surface area contributed by atoms with E-state index in [1.54, 1.807) is 31.2 Å². The molecule has 0 bridgehead atoms. The number of carbonyl (C=O) groups excluding carboxylic acids is 3. The van der Waals surface area contributed by atoms with Gasteiger partial charge in [0.15, 0.2) is 0 Å². The lowest BCUT2D eigenvalue weighted by atomic mass is 10.0. The quantitative estimate of drug-likeness (QED) is 0.180. The molecule has 1 fully saturated rings. The Labute approximate surface area is 242 Å². The topological polar surface area (TPSA) is 71.4 Å². The maximum absolute atomic E-state index is 13.8. The zero-order chi connectivity index (χ0) is 28.5. The summed E-state index contributed by atoms with van der Waals surface area (Å²) in [5.74, 6) is -1.49. The van der Waals surface area contributed by atoms with E-state index in [-0.39, 0.29) is 5.57 Å². The van der Waals surface area contributed by atoms with Crippen LogP contribution < -0.4 is 10.2 Å². The number of anilines is 1. The molecule has 4 amide bonds. The molecule has 200 valence electrons. The van der Waals surface area contributed by atoms with Gasteiger partial charge in [-0.2, -0.15) is 0 Å². The number of para-hydroxylation sites is 1. The van der Waals surface area contributed by atoms with E-state index in [2.05, 4.69) is 9.88 Å². The number of urea groups is 1. The first-order chi connectivity index (χ1) is 19.9. The molecule has 6 nitrogen and oxygen atoms in total. The number of aromatic nitrogens is 1. The summed E-state index contributed by atoms with van der Waals surface area (Å²) >= 11 is 6.29. The molecule has 1 aliphatic heterocycles. The van der Waals surface area contributed by atoms with Crippen LogP contribution in [0.2, 0.25) is 5.02 Å². The van der Waals surface area contributed by atoms with Gasteiger partial charge in [-0.05, 0) is 60.0 Å². The highest BCUT2D eigenvalue weighted by Crippen LogP contribution is 2.38. The van der Waals surface area contributed by atoms with Gasteiger partial charge in [0.1, 0.15) is 5.57 Å². The van der Waals surface area contributed by atoms with Crippen LogP contribution in [0.25, 0.3) is 34.3 Å². The molecule has 1 aromatic heterocycles. The van der Waals surface area contributed by atoms with E-state index in [1.807, 2.05) is 97.1 Å². The highest BCUT2D eigenvalue weighted by molar-refractivity contribution is 6.40. The van der Waals surface area contributed by atoms with Crippen molar-refractivity contribution >= 4 is 41.2 Å². The predicted octanol–water partition coefficient (Wildman–Crippen LogP) is 7.44. The molecule has 0 aliphatic carbocycles. The van der Waals surface area contributed by atoms with E-state index in [0.29, 0.717) is 21.8 Å². The lowest BCUT2D eigenvalue weighted by Gasteiger charge is -2.27. The largest absolute Gasteiger partial charge is 0.335 e. The Bertz CT molecular complexity index is 1830. The van der Waals surface area contributed by atoms with Crippen molar-refractivity contribution < 1.29 is 14.4 Å². The first kappa shape index (κ1) is 26.0. The molecular formula is C34H24ClN3O3. The van der Waals surface area contributed by atoms with E-state index in [9.17, 15) is 14.4 Å². The van der Waals surface area contributed by atoms with Crippen LogP contribution in [-0.4, -0.2) is 22.4 Å². The Hall–Kier alpha value is -5.20. The smallest absolute Gasteiger partial charge is 0.309 e. The van der Waals surface area contributed by atoms with Gasteiger partial charge in [-0.15, -0.1) is 0 Å². The normalized spacial score (nSPS) is 14.4. The first-order valence-electron chi connectivity index (χ1n) is 13.0. The number of hydrogen-bond donors (Lipinski definition) is 1. The molecule has 6 rings (SSSR count). The Morgan fingerprint density at radius 1 is 0.732 bits per heavy atom. The summed E-state index contributed by atoms with van der Waals surface area (Å²) in [5, 5.41) is 2.74. The molecule has 0 saturated carbocycles. The number of halogens is 1. The maximum atomic E-state index is 13.8. The van der Waals surface area contributed by atoms with Gasteiger partial charge in [-0.3, -0.25) is 14.9 Å². The fourth-order valence-electron chi connectivity index (χ4n) is 5.07. The maximum Gasteiger partial charge on any atom is 0.335 e. The Kier molecular flexibility index (Phi) is 6.83. The second kappa shape index (κ2) is 10.8. The fourth-order valence-corrected chi connectivity index (χ4v) is 5.24. The number of benzene rings is 4. The third kappa shape index (κ3) is 4.75. The van der Waals surface area contributed by atoms with Gasteiger partial charge in [-0.1, -0.05) is 96.5 Å². The minimum atomic E-state index is -0.822. The molecule has 1 N–H and O–H groups in total. The molecule has 0 atom stereocenters. The van der Waals surface area contributed by atoms with Gasteiger partial charge in [-0.25, -0.2) is 9.69 Å². The van der Waals surface area contributed by atoms with Crippen molar-refractivity contribution in [3.05, 3.63) is 137 Å². The van der Waals surface area contributed by atoms with Crippen LogP contribution in [0.1, 0.15) is 11.1 Å². The molecule has 2 heterocycles. The van der Waals surface area contributed by atoms with Crippen molar-refractivity contribution in [3.8, 4) is 28.2 Å². The number of rotatable bonds is 5. The SMILES string of the molecule is Cc1c(Cl)cccc1N1C(=O)NC(=O)/C(=C/c2cc(-c3ccccc3)n(-c3ccccc3)c2-c2ccccc2)C1=O. The summed E-state index contributed by atoms with van der Waals surface area (Å²) in [6.45, 7) is 1.72. The number of carbonyl (C=O) groups is 3. The number of barbiturate groups is 1. The summed E-state index contributed by atoms with van der Waals surface area (Å²) in [4.78, 5) is 40.8. The average Bonchev–Trinajstić information content (AvgIpc) is 3.38. The van der Waals surface area contributed by atoms with Gasteiger partial charge >= 0.3 is 6.03 Å². The highest BCUT2D eigenvalue weighted by atomic mass is 35.5. The highest BCUT2D eigenvalue weighted by Gasteiger charge is 2.38. The van der Waals surface area contributed by atoms with Crippen LogP contribution in [0, 0.1) is 6.92 Å². The molecule has 7 heteroatoms. The van der Waals surface area contributed by atoms with Gasteiger partial charge in [0.05, 0.1) is 17.1 Å². The van der Waals surface area contributed by atoms with Crippen LogP contribution in [-0.2, 0) is 9.59 Å². The Balaban J connectivity index is 1.60. The van der Waals surface area contributed by atoms with Crippen molar-refractivity contribution in [2.24, 2.45) is 0 Å². The minimum Gasteiger partial charge on any atom is -0.309 e. The van der Waals surface area contributed by atoms with E-state index in [1.165, 1.54) is 0 Å². The minimum absolute atomic E-state index is 0.161. The standard InChI is InChI=1S/C34H24ClN3O3/c1-22-28(35)18-11-19-29(22)38-33(40)27(32(39)36-34(38)41)20-25-21-30(23-12-5-2-6-13-23)37(26-16-9-4-10-17-26)31(25)24-14-7-3-8-15-24/h2-21H,1H3,(H,36,39,41)/b27-20-. The van der Waals surface area contributed by atoms with Crippen LogP contribution in [0.4, 0.5) is 10.5 Å². The summed E-state index contributed by atoms with van der Waals surface area (Å²) in [5.41, 5.74) is 5.81. The third-order valence-corrected chi connectivity index (χ3v) is 7.45. The molecule has 1 saturated heterocycles. The third-order valence-electron chi connectivity index (χ3n) is 7.04. The lowest BCUT2D eigenvalue weighted by molar-refractivity contribution is -0.122. The molecule has 0 spiro atoms. The molecule has 5 aromatic rings. The monoisotopic (exact) mass is 557 g/mol. The summed E-state index contributed by atoms with van der Waals surface area (Å²) in [6.07, 6.45) is 1.56. The zero-order valence-corrected chi connectivity index (χ0v) is 22.8. The summed E-state index contributed by atoms with van der Waals surface area (Å²) in [6, 6.07) is 35.7. The number of nitrogens with zero attached hydrogens (tertiary/aromatic N) is 2. The van der Waals surface area contributed by atoms with Gasteiger partial charge < -0.3 is 4.57 Å². The molecule has 0 radical (unpaired) electrons. The van der Waals surface area contributed by atoms with E-state index >= 15 is 0 Å². The average molecular weight is 558 g/mol. The van der Waals surface area contributed by atoms with Crippen molar-refractivity contribution in [2.45, 2.75) is 6.92 Å². The summed E-state index contributed by atoms with van der Waals surface area (Å²) < 4.78 is 2.12. The number of nitrogens with one attached hydrogen (secondary N) is 1. The fraction of sp³-hybridized carbons (Fsp3) is 0.0294. The molecule has 0 unspecified atom stereocenters. The van der Waals surface area contributed by atoms with Crippen molar-refractivity contribution in [3.63, 3.8) is 0 Å². The zero-order valence-electron chi connectivity index (χ0n) is 22.0.